The summed E-state index contributed by atoms with van der Waals surface area (Å²) in [6.07, 6.45) is -5.86. The number of alkyl halides is 3. The van der Waals surface area contributed by atoms with E-state index in [1.165, 1.54) is 17.0 Å². The largest absolute Gasteiger partial charge is 0.522 e. The first-order valence-corrected chi connectivity index (χ1v) is 9.48. The molecular weight excluding hydrogens is 436 g/mol. The van der Waals surface area contributed by atoms with Crippen molar-refractivity contribution in [1.82, 2.24) is 10.2 Å². The molecule has 1 saturated carbocycles. The number of benzene rings is 1. The van der Waals surface area contributed by atoms with Gasteiger partial charge in [-0.2, -0.15) is 0 Å². The van der Waals surface area contributed by atoms with E-state index >= 15 is 0 Å². The van der Waals surface area contributed by atoms with Crippen LogP contribution in [0.4, 0.5) is 17.6 Å². The average molecular weight is 455 g/mol. The predicted octanol–water partition coefficient (Wildman–Crippen LogP) is 2.27. The van der Waals surface area contributed by atoms with E-state index in [9.17, 15) is 27.2 Å². The molecule has 1 heterocycles. The van der Waals surface area contributed by atoms with Crippen molar-refractivity contribution >= 4 is 23.4 Å². The van der Waals surface area contributed by atoms with Crippen molar-refractivity contribution in [2.24, 2.45) is 0 Å². The van der Waals surface area contributed by atoms with Gasteiger partial charge in [-0.25, -0.2) is 4.39 Å². The maximum atomic E-state index is 13.3. The fourth-order valence-corrected chi connectivity index (χ4v) is 3.10. The zero-order valence-corrected chi connectivity index (χ0v) is 16.3. The van der Waals surface area contributed by atoms with Crippen LogP contribution < -0.4 is 10.1 Å². The van der Waals surface area contributed by atoms with Gasteiger partial charge in [0.05, 0.1) is 23.3 Å². The molecule has 2 fully saturated rings. The predicted molar refractivity (Wildman–Crippen MR) is 95.3 cm³/mol. The van der Waals surface area contributed by atoms with Gasteiger partial charge in [0.1, 0.15) is 18.2 Å². The second kappa shape index (κ2) is 9.36. The van der Waals surface area contributed by atoms with Crippen LogP contribution in [0.2, 0.25) is 5.02 Å². The molecule has 2 amide bonds. The second-order valence-corrected chi connectivity index (χ2v) is 7.42. The Labute approximate surface area is 174 Å². The van der Waals surface area contributed by atoms with E-state index < -0.39 is 30.3 Å². The van der Waals surface area contributed by atoms with E-state index in [1.54, 1.807) is 0 Å². The van der Waals surface area contributed by atoms with Gasteiger partial charge in [-0.3, -0.25) is 14.3 Å². The van der Waals surface area contributed by atoms with Crippen molar-refractivity contribution in [2.75, 3.05) is 26.3 Å². The highest BCUT2D eigenvalue weighted by Crippen LogP contribution is 2.32. The van der Waals surface area contributed by atoms with Gasteiger partial charge in [0.25, 0.3) is 5.91 Å². The molecule has 1 aromatic rings. The van der Waals surface area contributed by atoms with E-state index in [1.807, 2.05) is 0 Å². The Bertz CT molecular complexity index is 782. The van der Waals surface area contributed by atoms with Crippen molar-refractivity contribution in [3.05, 3.63) is 29.0 Å². The molecule has 3 rings (SSSR count). The number of likely N-dealkylation sites (tertiary alicyclic amines) is 1. The van der Waals surface area contributed by atoms with Gasteiger partial charge >= 0.3 is 6.36 Å². The fourth-order valence-electron chi connectivity index (χ4n) is 2.98. The van der Waals surface area contributed by atoms with Crippen LogP contribution in [0.15, 0.2) is 18.2 Å². The van der Waals surface area contributed by atoms with Crippen LogP contribution >= 0.6 is 11.6 Å². The van der Waals surface area contributed by atoms with Crippen molar-refractivity contribution in [3.8, 4) is 5.75 Å². The number of carbonyl (C=O) groups excluding carboxylic acids is 2. The quantitative estimate of drug-likeness (QED) is 0.610. The Balaban J connectivity index is 1.26. The molecule has 0 spiro atoms. The minimum atomic E-state index is -4.67. The highest BCUT2D eigenvalue weighted by molar-refractivity contribution is 6.30. The molecule has 7 nitrogen and oxygen atoms in total. The zero-order valence-electron chi connectivity index (χ0n) is 15.6. The van der Waals surface area contributed by atoms with Crippen molar-refractivity contribution in [1.29, 1.82) is 0 Å². The number of carbonyl (C=O) groups is 2. The van der Waals surface area contributed by atoms with Crippen LogP contribution in [-0.2, 0) is 19.1 Å². The summed E-state index contributed by atoms with van der Waals surface area (Å²) in [4.78, 5) is 25.3. The highest BCUT2D eigenvalue weighted by Gasteiger charge is 2.41. The lowest BCUT2D eigenvalue weighted by Gasteiger charge is -2.40. The summed E-state index contributed by atoms with van der Waals surface area (Å²) >= 11 is 5.56. The third-order valence-corrected chi connectivity index (χ3v) is 4.96. The number of amides is 2. The fraction of sp³-hybridized carbons (Fsp3) is 0.556. The van der Waals surface area contributed by atoms with Gasteiger partial charge in [0.15, 0.2) is 6.61 Å². The summed E-state index contributed by atoms with van der Waals surface area (Å²) in [7, 11) is 0. The topological polar surface area (TPSA) is 77.1 Å². The van der Waals surface area contributed by atoms with E-state index in [-0.39, 0.29) is 61.9 Å². The summed E-state index contributed by atoms with van der Waals surface area (Å²) in [6, 6.07) is 3.57. The standard InChI is InChI=1S/C18H19ClF4N2O5/c19-14-2-1-11(5-15(14)20)28-8-16(26)24-10-6-25(7-10)17(27)9-29-12-3-13(4-12)30-18(21,22)23/h1-2,5,10,12-13H,3-4,6-9H2,(H,24,26)/t12-,13-. The number of rotatable bonds is 8. The Hall–Kier alpha value is -2.11. The van der Waals surface area contributed by atoms with Crippen LogP contribution in [0.1, 0.15) is 12.8 Å². The Morgan fingerprint density at radius 3 is 2.50 bits per heavy atom. The highest BCUT2D eigenvalue weighted by atomic mass is 35.5. The third kappa shape index (κ3) is 6.44. The number of nitrogens with one attached hydrogen (secondary N) is 1. The molecule has 0 aromatic heterocycles. The first-order valence-electron chi connectivity index (χ1n) is 9.10. The number of nitrogens with zero attached hydrogens (tertiary/aromatic N) is 1. The maximum absolute atomic E-state index is 13.3. The van der Waals surface area contributed by atoms with E-state index in [4.69, 9.17) is 21.1 Å². The summed E-state index contributed by atoms with van der Waals surface area (Å²) in [5.74, 6) is -1.24. The molecule has 1 aliphatic heterocycles. The second-order valence-electron chi connectivity index (χ2n) is 7.02. The number of ether oxygens (including phenoxy) is 3. The van der Waals surface area contributed by atoms with E-state index in [2.05, 4.69) is 10.1 Å². The monoisotopic (exact) mass is 454 g/mol. The third-order valence-electron chi connectivity index (χ3n) is 4.65. The molecule has 0 atom stereocenters. The molecule has 30 heavy (non-hydrogen) atoms. The minimum absolute atomic E-state index is 0.0539. The van der Waals surface area contributed by atoms with Crippen LogP contribution in [0.3, 0.4) is 0 Å². The summed E-state index contributed by atoms with van der Waals surface area (Å²) in [6.45, 7) is 0.00868. The normalized spacial score (nSPS) is 21.6. The van der Waals surface area contributed by atoms with Gasteiger partial charge in [-0.1, -0.05) is 11.6 Å². The van der Waals surface area contributed by atoms with Crippen LogP contribution in [-0.4, -0.2) is 67.6 Å². The molecule has 1 aliphatic carbocycles. The molecule has 0 bridgehead atoms. The van der Waals surface area contributed by atoms with Crippen molar-refractivity contribution in [3.63, 3.8) is 0 Å². The average Bonchev–Trinajstić information content (AvgIpc) is 2.59. The lowest BCUT2D eigenvalue weighted by Crippen LogP contribution is -2.62. The Morgan fingerprint density at radius 1 is 1.17 bits per heavy atom. The molecule has 0 unspecified atom stereocenters. The molecule has 166 valence electrons. The lowest BCUT2D eigenvalue weighted by atomic mass is 9.92. The molecule has 1 saturated heterocycles. The number of hydrogen-bond acceptors (Lipinski definition) is 5. The number of hydrogen-bond donors (Lipinski definition) is 1. The molecule has 1 aromatic carbocycles. The van der Waals surface area contributed by atoms with Crippen molar-refractivity contribution < 1.29 is 41.4 Å². The summed E-state index contributed by atoms with van der Waals surface area (Å²) in [5, 5.41) is 2.62. The van der Waals surface area contributed by atoms with Gasteiger partial charge < -0.3 is 19.7 Å². The van der Waals surface area contributed by atoms with Gasteiger partial charge in [0, 0.05) is 32.0 Å². The summed E-state index contributed by atoms with van der Waals surface area (Å²) < 4.78 is 63.7. The van der Waals surface area contributed by atoms with Crippen molar-refractivity contribution in [2.45, 2.75) is 37.5 Å². The summed E-state index contributed by atoms with van der Waals surface area (Å²) in [5.41, 5.74) is 0. The molecule has 12 heteroatoms. The molecule has 2 aliphatic rings. The zero-order chi connectivity index (χ0) is 21.9. The van der Waals surface area contributed by atoms with E-state index in [0.717, 1.165) is 6.07 Å². The minimum Gasteiger partial charge on any atom is -0.484 e. The lowest BCUT2D eigenvalue weighted by molar-refractivity contribution is -0.357. The Morgan fingerprint density at radius 2 is 1.87 bits per heavy atom. The van der Waals surface area contributed by atoms with E-state index in [0.29, 0.717) is 0 Å². The first-order chi connectivity index (χ1) is 14.1. The number of halogens is 5. The molecule has 0 radical (unpaired) electrons. The smallest absolute Gasteiger partial charge is 0.484 e. The SMILES string of the molecule is O=C(COc1ccc(Cl)c(F)c1)NC1CN(C(=O)CO[C@H]2C[C@H](OC(F)(F)F)C2)C1. The van der Waals surface area contributed by atoms with Gasteiger partial charge in [-0.05, 0) is 12.1 Å². The van der Waals surface area contributed by atoms with Crippen LogP contribution in [0.25, 0.3) is 0 Å². The molecule has 1 N–H and O–H groups in total. The molecular formula is C18H19ClF4N2O5. The first kappa shape index (κ1) is 22.6. The van der Waals surface area contributed by atoms with Crippen LogP contribution in [0.5, 0.6) is 5.75 Å². The maximum Gasteiger partial charge on any atom is 0.522 e. The van der Waals surface area contributed by atoms with Crippen LogP contribution in [0, 0.1) is 5.82 Å². The van der Waals surface area contributed by atoms with Gasteiger partial charge in [0.2, 0.25) is 5.91 Å². The Kier molecular flexibility index (Phi) is 7.04. The van der Waals surface area contributed by atoms with Gasteiger partial charge in [-0.15, -0.1) is 13.2 Å².